The largest absolute Gasteiger partial charge is 0.481 e. The van der Waals surface area contributed by atoms with Crippen LogP contribution in [-0.2, 0) is 4.79 Å². The molecule has 0 bridgehead atoms. The van der Waals surface area contributed by atoms with Gasteiger partial charge in [-0.1, -0.05) is 0 Å². The van der Waals surface area contributed by atoms with E-state index in [2.05, 4.69) is 11.5 Å². The SMILES string of the molecule is CC(=O)O.N=C(N)N.[Ce]. The normalized spacial score (nSPS) is 5.44. The summed E-state index contributed by atoms with van der Waals surface area (Å²) in [6.45, 7) is 1.08. The van der Waals surface area contributed by atoms with Gasteiger partial charge in [-0.05, 0) is 0 Å². The topological polar surface area (TPSA) is 113 Å². The quantitative estimate of drug-likeness (QED) is 0.327. The maximum atomic E-state index is 9.00. The van der Waals surface area contributed by atoms with E-state index >= 15 is 0 Å². The minimum absolute atomic E-state index is 0. The number of hydrogen-bond acceptors (Lipinski definition) is 2. The van der Waals surface area contributed by atoms with Crippen LogP contribution in [0.5, 0.6) is 0 Å². The monoisotopic (exact) mass is 259 g/mol. The fraction of sp³-hybridized carbons (Fsp3) is 0.333. The number of guanidine groups is 1. The Kier molecular flexibility index (Phi) is 19.6. The van der Waals surface area contributed by atoms with Crippen molar-refractivity contribution in [1.29, 1.82) is 5.41 Å². The molecule has 0 aromatic carbocycles. The van der Waals surface area contributed by atoms with Crippen LogP contribution in [0.25, 0.3) is 0 Å². The summed E-state index contributed by atoms with van der Waals surface area (Å²) in [4.78, 5) is 9.00. The van der Waals surface area contributed by atoms with Crippen LogP contribution in [0.1, 0.15) is 6.92 Å². The first-order chi connectivity index (χ1) is 3.46. The number of carboxylic acid groups (broad SMARTS) is 1. The van der Waals surface area contributed by atoms with E-state index < -0.39 is 5.97 Å². The number of carbonyl (C=O) groups is 1. The van der Waals surface area contributed by atoms with Crippen molar-refractivity contribution < 1.29 is 51.6 Å². The van der Waals surface area contributed by atoms with Gasteiger partial charge in [0, 0.05) is 48.7 Å². The molecule has 0 aliphatic heterocycles. The average molecular weight is 259 g/mol. The molecule has 0 saturated heterocycles. The van der Waals surface area contributed by atoms with Crippen LogP contribution < -0.4 is 11.5 Å². The Labute approximate surface area is 86.7 Å². The molecular formula is C3H9CeN3O2. The summed E-state index contributed by atoms with van der Waals surface area (Å²) < 4.78 is 0. The summed E-state index contributed by atoms with van der Waals surface area (Å²) in [5, 5.41) is 13.5. The number of nitrogens with one attached hydrogen (secondary N) is 1. The number of nitrogens with two attached hydrogens (primary N) is 2. The molecule has 0 heterocycles. The molecule has 0 rings (SSSR count). The van der Waals surface area contributed by atoms with Gasteiger partial charge in [0.2, 0.25) is 0 Å². The van der Waals surface area contributed by atoms with E-state index in [0.717, 1.165) is 6.92 Å². The fourth-order valence-corrected chi connectivity index (χ4v) is 0. The van der Waals surface area contributed by atoms with Gasteiger partial charge in [-0.15, -0.1) is 0 Å². The smallest absolute Gasteiger partial charge is 0.300 e. The Bertz CT molecular complexity index is 75.1. The second-order valence-electron chi connectivity index (χ2n) is 0.974. The van der Waals surface area contributed by atoms with Gasteiger partial charge >= 0.3 is 0 Å². The molecule has 0 spiro atoms. The third-order valence-corrected chi connectivity index (χ3v) is 0. The predicted molar refractivity (Wildman–Crippen MR) is 29.4 cm³/mol. The summed E-state index contributed by atoms with van der Waals surface area (Å²) in [7, 11) is 0. The first kappa shape index (κ1) is 16.1. The number of rotatable bonds is 0. The molecule has 6 heteroatoms. The van der Waals surface area contributed by atoms with Crippen molar-refractivity contribution in [2.75, 3.05) is 0 Å². The van der Waals surface area contributed by atoms with Crippen molar-refractivity contribution in [1.82, 2.24) is 0 Å². The minimum Gasteiger partial charge on any atom is -0.481 e. The van der Waals surface area contributed by atoms with Crippen LogP contribution in [0.4, 0.5) is 0 Å². The van der Waals surface area contributed by atoms with Crippen LogP contribution in [0.2, 0.25) is 0 Å². The van der Waals surface area contributed by atoms with E-state index in [-0.39, 0.29) is 47.7 Å². The molecule has 0 fully saturated rings. The molecule has 0 saturated carbocycles. The van der Waals surface area contributed by atoms with Crippen LogP contribution in [-0.4, -0.2) is 17.0 Å². The second-order valence-corrected chi connectivity index (χ2v) is 0.974. The van der Waals surface area contributed by atoms with Crippen LogP contribution in [0.15, 0.2) is 0 Å². The Balaban J connectivity index is -0.0000000720. The molecule has 0 radical (unpaired) electrons. The molecule has 5 nitrogen and oxygen atoms in total. The van der Waals surface area contributed by atoms with E-state index in [4.69, 9.17) is 15.3 Å². The Morgan fingerprint density at radius 3 is 1.56 bits per heavy atom. The number of aliphatic carboxylic acids is 1. The van der Waals surface area contributed by atoms with Gasteiger partial charge in [0.25, 0.3) is 5.97 Å². The van der Waals surface area contributed by atoms with Gasteiger partial charge in [-0.25, -0.2) is 0 Å². The molecule has 0 amide bonds. The van der Waals surface area contributed by atoms with Crippen LogP contribution in [0.3, 0.4) is 0 Å². The van der Waals surface area contributed by atoms with Crippen molar-refractivity contribution in [3.63, 3.8) is 0 Å². The van der Waals surface area contributed by atoms with Crippen molar-refractivity contribution in [3.05, 3.63) is 0 Å². The fourth-order valence-electron chi connectivity index (χ4n) is 0. The molecule has 52 valence electrons. The van der Waals surface area contributed by atoms with E-state index in [1.54, 1.807) is 0 Å². The van der Waals surface area contributed by atoms with Gasteiger partial charge in [0.1, 0.15) is 0 Å². The zero-order valence-corrected chi connectivity index (χ0v) is 8.15. The van der Waals surface area contributed by atoms with Gasteiger partial charge in [-0.3, -0.25) is 10.2 Å². The molecule has 0 aliphatic carbocycles. The van der Waals surface area contributed by atoms with Crippen molar-refractivity contribution in [3.8, 4) is 0 Å². The van der Waals surface area contributed by atoms with Gasteiger partial charge in [0.15, 0.2) is 5.96 Å². The number of hydrogen-bond donors (Lipinski definition) is 4. The molecule has 0 aromatic rings. The van der Waals surface area contributed by atoms with E-state index in [0.29, 0.717) is 0 Å². The van der Waals surface area contributed by atoms with Crippen molar-refractivity contribution >= 4 is 11.9 Å². The summed E-state index contributed by atoms with van der Waals surface area (Å²) in [5.74, 6) is -1.17. The van der Waals surface area contributed by atoms with Crippen molar-refractivity contribution in [2.24, 2.45) is 11.5 Å². The number of carboxylic acids is 1. The first-order valence-corrected chi connectivity index (χ1v) is 1.76. The van der Waals surface area contributed by atoms with E-state index in [9.17, 15) is 0 Å². The Morgan fingerprint density at radius 1 is 1.56 bits per heavy atom. The zero-order valence-electron chi connectivity index (χ0n) is 5.01. The zero-order chi connectivity index (χ0) is 7.15. The summed E-state index contributed by atoms with van der Waals surface area (Å²) in [5.41, 5.74) is 8.94. The molecular weight excluding hydrogens is 250 g/mol. The molecule has 0 aromatic heterocycles. The second kappa shape index (κ2) is 11.0. The molecule has 0 unspecified atom stereocenters. The third-order valence-electron chi connectivity index (χ3n) is 0. The predicted octanol–water partition coefficient (Wildman–Crippen LogP) is -1.07. The Morgan fingerprint density at radius 2 is 1.56 bits per heavy atom. The standard InChI is InChI=1S/C2H4O2.CH5N3.Ce/c1-2(3)4;2-1(3)4;/h1H3,(H,3,4);(H5,2,3,4);. The maximum Gasteiger partial charge on any atom is 0.300 e. The molecule has 0 aliphatic rings. The van der Waals surface area contributed by atoms with Crippen molar-refractivity contribution in [2.45, 2.75) is 6.92 Å². The molecule has 0 atom stereocenters. The van der Waals surface area contributed by atoms with E-state index in [1.165, 1.54) is 0 Å². The third kappa shape index (κ3) is 22300. The van der Waals surface area contributed by atoms with Gasteiger partial charge in [0.05, 0.1) is 0 Å². The maximum absolute atomic E-state index is 9.00. The summed E-state index contributed by atoms with van der Waals surface area (Å²) in [6, 6.07) is 0. The summed E-state index contributed by atoms with van der Waals surface area (Å²) >= 11 is 0. The van der Waals surface area contributed by atoms with Gasteiger partial charge < -0.3 is 16.6 Å². The summed E-state index contributed by atoms with van der Waals surface area (Å²) in [6.07, 6.45) is 0. The van der Waals surface area contributed by atoms with Crippen LogP contribution in [0, 0.1) is 47.2 Å². The molecule has 6 N–H and O–H groups in total. The average Bonchev–Trinajstić information content (AvgIpc) is 1.25. The van der Waals surface area contributed by atoms with E-state index in [1.807, 2.05) is 0 Å². The van der Waals surface area contributed by atoms with Crippen LogP contribution >= 0.6 is 0 Å². The minimum atomic E-state index is -0.833. The first-order valence-electron chi connectivity index (χ1n) is 1.76. The van der Waals surface area contributed by atoms with Gasteiger partial charge in [-0.2, -0.15) is 0 Å². The Hall–Kier alpha value is 0.117. The molecule has 9 heavy (non-hydrogen) atoms.